The first-order valence-corrected chi connectivity index (χ1v) is 8.20. The van der Waals surface area contributed by atoms with E-state index in [0.29, 0.717) is 18.7 Å². The zero-order chi connectivity index (χ0) is 17.1. The van der Waals surface area contributed by atoms with E-state index in [0.717, 1.165) is 31.1 Å². The molecular formula is C18H24N4O2. The third-order valence-corrected chi connectivity index (χ3v) is 4.32. The Balaban J connectivity index is 1.71. The summed E-state index contributed by atoms with van der Waals surface area (Å²) >= 11 is 0. The number of rotatable bonds is 4. The second kappa shape index (κ2) is 7.05. The van der Waals surface area contributed by atoms with Gasteiger partial charge in [-0.15, -0.1) is 0 Å². The number of hydrogen-bond donors (Lipinski definition) is 0. The van der Waals surface area contributed by atoms with Crippen molar-refractivity contribution in [3.05, 3.63) is 47.5 Å². The zero-order valence-electron chi connectivity index (χ0n) is 14.5. The van der Waals surface area contributed by atoms with Crippen LogP contribution in [0.4, 0.5) is 0 Å². The number of aromatic nitrogens is 2. The topological polar surface area (TPSA) is 50.6 Å². The normalized spacial score (nSPS) is 14.4. The smallest absolute Gasteiger partial charge is 0.253 e. The number of methoxy groups -OCH3 is 1. The van der Waals surface area contributed by atoms with E-state index in [1.807, 2.05) is 35.4 Å². The summed E-state index contributed by atoms with van der Waals surface area (Å²) in [6, 6.07) is 7.29. The van der Waals surface area contributed by atoms with Crippen LogP contribution in [0.15, 0.2) is 30.5 Å². The molecule has 0 spiro atoms. The molecule has 0 radical (unpaired) electrons. The molecule has 2 heterocycles. The molecule has 6 heteroatoms. The van der Waals surface area contributed by atoms with E-state index in [-0.39, 0.29) is 5.91 Å². The first-order valence-electron chi connectivity index (χ1n) is 8.20. The molecule has 0 saturated carbocycles. The second-order valence-corrected chi connectivity index (χ2v) is 6.33. The first-order chi connectivity index (χ1) is 11.6. The molecule has 6 nitrogen and oxygen atoms in total. The number of nitrogens with zero attached hydrogens (tertiary/aromatic N) is 4. The van der Waals surface area contributed by atoms with Crippen LogP contribution in [0.1, 0.15) is 21.9 Å². The van der Waals surface area contributed by atoms with Crippen LogP contribution in [-0.4, -0.2) is 59.6 Å². The van der Waals surface area contributed by atoms with E-state index >= 15 is 0 Å². The summed E-state index contributed by atoms with van der Waals surface area (Å²) in [7, 11) is 5.73. The predicted octanol–water partition coefficient (Wildman–Crippen LogP) is 1.65. The van der Waals surface area contributed by atoms with Gasteiger partial charge in [-0.25, -0.2) is 4.98 Å². The van der Waals surface area contributed by atoms with Crippen LogP contribution >= 0.6 is 0 Å². The van der Waals surface area contributed by atoms with Crippen LogP contribution in [0.2, 0.25) is 0 Å². The summed E-state index contributed by atoms with van der Waals surface area (Å²) < 4.78 is 7.40. The lowest BCUT2D eigenvalue weighted by atomic mass is 10.2. The fraction of sp³-hybridized carbons (Fsp3) is 0.444. The molecule has 1 amide bonds. The molecule has 0 saturated heterocycles. The van der Waals surface area contributed by atoms with E-state index in [1.54, 1.807) is 7.11 Å². The highest BCUT2D eigenvalue weighted by Gasteiger charge is 2.21. The van der Waals surface area contributed by atoms with E-state index in [2.05, 4.69) is 28.5 Å². The standard InChI is InChI=1S/C18H24N4O2/c1-20(2)13-15-12-19-17-8-9-21(10-11-22(15)17)18(23)14-4-6-16(24-3)7-5-14/h4-7,12H,8-11,13H2,1-3H3. The highest BCUT2D eigenvalue weighted by atomic mass is 16.5. The maximum absolute atomic E-state index is 12.7. The van der Waals surface area contributed by atoms with Gasteiger partial charge in [-0.2, -0.15) is 0 Å². The Morgan fingerprint density at radius 2 is 1.96 bits per heavy atom. The number of hydrogen-bond acceptors (Lipinski definition) is 4. The highest BCUT2D eigenvalue weighted by Crippen LogP contribution is 2.17. The van der Waals surface area contributed by atoms with Gasteiger partial charge < -0.3 is 19.1 Å². The van der Waals surface area contributed by atoms with E-state index in [1.165, 1.54) is 5.69 Å². The van der Waals surface area contributed by atoms with Gasteiger partial charge in [0.05, 0.1) is 12.8 Å². The Bertz CT molecular complexity index is 706. The zero-order valence-corrected chi connectivity index (χ0v) is 14.5. The van der Waals surface area contributed by atoms with Crippen molar-refractivity contribution < 1.29 is 9.53 Å². The van der Waals surface area contributed by atoms with Gasteiger partial charge in [0.2, 0.25) is 0 Å². The predicted molar refractivity (Wildman–Crippen MR) is 92.2 cm³/mol. The van der Waals surface area contributed by atoms with Crippen LogP contribution in [0.5, 0.6) is 5.75 Å². The van der Waals surface area contributed by atoms with Crippen molar-refractivity contribution in [2.45, 2.75) is 19.5 Å². The van der Waals surface area contributed by atoms with Gasteiger partial charge >= 0.3 is 0 Å². The number of benzene rings is 1. The quantitative estimate of drug-likeness (QED) is 0.856. The number of carbonyl (C=O) groups is 1. The number of fused-ring (bicyclic) bond motifs is 1. The van der Waals surface area contributed by atoms with Gasteiger partial charge in [-0.3, -0.25) is 4.79 Å². The lowest BCUT2D eigenvalue weighted by Gasteiger charge is -2.20. The molecule has 0 aliphatic carbocycles. The largest absolute Gasteiger partial charge is 0.497 e. The SMILES string of the molecule is COc1ccc(C(=O)N2CCc3ncc(CN(C)C)n3CC2)cc1. The van der Waals surface area contributed by atoms with E-state index < -0.39 is 0 Å². The van der Waals surface area contributed by atoms with Crippen LogP contribution in [0, 0.1) is 0 Å². The Morgan fingerprint density at radius 3 is 2.62 bits per heavy atom. The minimum absolute atomic E-state index is 0.0672. The number of amides is 1. The molecule has 1 aromatic carbocycles. The highest BCUT2D eigenvalue weighted by molar-refractivity contribution is 5.94. The molecule has 0 unspecified atom stereocenters. The molecule has 1 aliphatic rings. The lowest BCUT2D eigenvalue weighted by Crippen LogP contribution is -2.33. The molecule has 0 bridgehead atoms. The van der Waals surface area contributed by atoms with E-state index in [4.69, 9.17) is 4.74 Å². The molecule has 3 rings (SSSR count). The molecule has 0 N–H and O–H groups in total. The maximum atomic E-state index is 12.7. The van der Waals surface area contributed by atoms with Gasteiger partial charge in [-0.1, -0.05) is 0 Å². The summed E-state index contributed by atoms with van der Waals surface area (Å²) in [5.74, 6) is 1.89. The fourth-order valence-corrected chi connectivity index (χ4v) is 3.06. The second-order valence-electron chi connectivity index (χ2n) is 6.33. The Kier molecular flexibility index (Phi) is 4.85. The van der Waals surface area contributed by atoms with Crippen molar-refractivity contribution >= 4 is 5.91 Å². The Hall–Kier alpha value is -2.34. The third-order valence-electron chi connectivity index (χ3n) is 4.32. The van der Waals surface area contributed by atoms with Crippen molar-refractivity contribution in [1.29, 1.82) is 0 Å². The maximum Gasteiger partial charge on any atom is 0.253 e. The van der Waals surface area contributed by atoms with E-state index in [9.17, 15) is 4.79 Å². The molecular weight excluding hydrogens is 304 g/mol. The minimum atomic E-state index is 0.0672. The van der Waals surface area contributed by atoms with Crippen molar-refractivity contribution in [3.63, 3.8) is 0 Å². The summed E-state index contributed by atoms with van der Waals surface area (Å²) in [5, 5.41) is 0. The minimum Gasteiger partial charge on any atom is -0.497 e. The summed E-state index contributed by atoms with van der Waals surface area (Å²) in [6.07, 6.45) is 2.74. The average molecular weight is 328 g/mol. The monoisotopic (exact) mass is 328 g/mol. The number of carbonyl (C=O) groups excluding carboxylic acids is 1. The van der Waals surface area contributed by atoms with Crippen LogP contribution in [0.3, 0.4) is 0 Å². The number of imidazole rings is 1. The number of ether oxygens (including phenoxy) is 1. The first kappa shape index (κ1) is 16.5. The van der Waals surface area contributed by atoms with Gasteiger partial charge in [0.1, 0.15) is 11.6 Å². The van der Waals surface area contributed by atoms with Gasteiger partial charge in [-0.05, 0) is 38.4 Å². The summed E-state index contributed by atoms with van der Waals surface area (Å²) in [6.45, 7) is 3.05. The van der Waals surface area contributed by atoms with Gasteiger partial charge in [0.15, 0.2) is 0 Å². The van der Waals surface area contributed by atoms with Crippen molar-refractivity contribution in [2.24, 2.45) is 0 Å². The molecule has 2 aromatic rings. The van der Waals surface area contributed by atoms with Crippen molar-refractivity contribution in [1.82, 2.24) is 19.4 Å². The van der Waals surface area contributed by atoms with Crippen LogP contribution in [-0.2, 0) is 19.5 Å². The molecule has 24 heavy (non-hydrogen) atoms. The molecule has 0 atom stereocenters. The Morgan fingerprint density at radius 1 is 1.21 bits per heavy atom. The molecule has 1 aliphatic heterocycles. The van der Waals surface area contributed by atoms with Crippen LogP contribution < -0.4 is 4.74 Å². The molecule has 0 fully saturated rings. The lowest BCUT2D eigenvalue weighted by molar-refractivity contribution is 0.0758. The van der Waals surface area contributed by atoms with Crippen molar-refractivity contribution in [2.75, 3.05) is 34.3 Å². The van der Waals surface area contributed by atoms with Gasteiger partial charge in [0.25, 0.3) is 5.91 Å². The van der Waals surface area contributed by atoms with Crippen molar-refractivity contribution in [3.8, 4) is 5.75 Å². The fourth-order valence-electron chi connectivity index (χ4n) is 3.06. The summed E-state index contributed by atoms with van der Waals surface area (Å²) in [5.41, 5.74) is 1.90. The summed E-state index contributed by atoms with van der Waals surface area (Å²) in [4.78, 5) is 21.3. The van der Waals surface area contributed by atoms with Gasteiger partial charge in [0, 0.05) is 44.4 Å². The third kappa shape index (κ3) is 3.43. The van der Waals surface area contributed by atoms with Crippen LogP contribution in [0.25, 0.3) is 0 Å². The Labute approximate surface area is 142 Å². The molecule has 128 valence electrons. The molecule has 1 aromatic heterocycles. The average Bonchev–Trinajstić information content (AvgIpc) is 2.83.